The lowest BCUT2D eigenvalue weighted by molar-refractivity contribution is -0.384. The molecule has 0 radical (unpaired) electrons. The number of nitrogens with one attached hydrogen (secondary N) is 3. The highest BCUT2D eigenvalue weighted by Gasteiger charge is 2.24. The van der Waals surface area contributed by atoms with E-state index in [9.17, 15) is 24.5 Å². The molecule has 1 fully saturated rings. The number of hydrogen-bond donors (Lipinski definition) is 4. The Hall–Kier alpha value is -3.70. The minimum Gasteiger partial charge on any atom is -0.351 e. The van der Waals surface area contributed by atoms with Gasteiger partial charge in [0.15, 0.2) is 0 Å². The Bertz CT molecular complexity index is 1060. The van der Waals surface area contributed by atoms with Crippen molar-refractivity contribution in [3.05, 3.63) is 68.7 Å². The maximum atomic E-state index is 12.5. The molecular formula is C21H23ClN6O5. The van der Waals surface area contributed by atoms with Gasteiger partial charge in [0.25, 0.3) is 11.6 Å². The van der Waals surface area contributed by atoms with Gasteiger partial charge in [0.2, 0.25) is 5.91 Å². The fourth-order valence-corrected chi connectivity index (χ4v) is 3.68. The summed E-state index contributed by atoms with van der Waals surface area (Å²) >= 11 is 5.91. The van der Waals surface area contributed by atoms with Gasteiger partial charge in [-0.15, -0.1) is 0 Å². The number of carbonyl (C=O) groups excluding carboxylic acids is 3. The second-order valence-electron chi connectivity index (χ2n) is 7.57. The van der Waals surface area contributed by atoms with Crippen molar-refractivity contribution in [2.75, 3.05) is 25.0 Å². The number of hydrogen-bond acceptors (Lipinski definition) is 6. The molecule has 0 aromatic heterocycles. The molecule has 4 amide bonds. The fourth-order valence-electron chi connectivity index (χ4n) is 3.55. The number of nitro groups is 1. The highest BCUT2D eigenvalue weighted by molar-refractivity contribution is 6.30. The number of halogens is 1. The summed E-state index contributed by atoms with van der Waals surface area (Å²) in [5.74, 6) is -1.15. The van der Waals surface area contributed by atoms with E-state index in [1.54, 1.807) is 0 Å². The summed E-state index contributed by atoms with van der Waals surface area (Å²) in [6, 6.07) is 9.92. The van der Waals surface area contributed by atoms with Crippen LogP contribution in [-0.2, 0) is 11.3 Å². The first kappa shape index (κ1) is 24.0. The molecule has 1 aliphatic heterocycles. The third-order valence-electron chi connectivity index (χ3n) is 5.08. The molecule has 174 valence electrons. The van der Waals surface area contributed by atoms with E-state index in [0.717, 1.165) is 37.2 Å². The Morgan fingerprint density at radius 2 is 1.91 bits per heavy atom. The molecule has 0 aliphatic carbocycles. The van der Waals surface area contributed by atoms with E-state index >= 15 is 0 Å². The normalized spacial score (nSPS) is 15.6. The van der Waals surface area contributed by atoms with Crippen molar-refractivity contribution in [3.8, 4) is 0 Å². The molecule has 0 unspecified atom stereocenters. The molecule has 2 aromatic rings. The van der Waals surface area contributed by atoms with Crippen LogP contribution in [0.1, 0.15) is 22.3 Å². The molecule has 1 saturated heterocycles. The van der Waals surface area contributed by atoms with Crippen molar-refractivity contribution in [1.29, 1.82) is 0 Å². The van der Waals surface area contributed by atoms with Gasteiger partial charge in [0.1, 0.15) is 0 Å². The Labute approximate surface area is 194 Å². The molecule has 0 bridgehead atoms. The SMILES string of the molecule is NC(=O)Nc1ccc([N+](=O)[O-])cc1C(=O)NCC(=O)N[C@@H]1CCN(Cc2ccc(Cl)cc2)C1. The van der Waals surface area contributed by atoms with Gasteiger partial charge in [-0.2, -0.15) is 0 Å². The first-order chi connectivity index (χ1) is 15.7. The Kier molecular flexibility index (Phi) is 7.80. The zero-order chi connectivity index (χ0) is 24.0. The van der Waals surface area contributed by atoms with E-state index < -0.39 is 22.8 Å². The molecule has 11 nitrogen and oxygen atoms in total. The second-order valence-corrected chi connectivity index (χ2v) is 8.01. The molecule has 12 heteroatoms. The zero-order valence-corrected chi connectivity index (χ0v) is 18.3. The van der Waals surface area contributed by atoms with Crippen LogP contribution >= 0.6 is 11.6 Å². The number of carbonyl (C=O) groups is 3. The van der Waals surface area contributed by atoms with Crippen molar-refractivity contribution in [3.63, 3.8) is 0 Å². The predicted molar refractivity (Wildman–Crippen MR) is 122 cm³/mol. The van der Waals surface area contributed by atoms with Gasteiger partial charge in [-0.3, -0.25) is 24.6 Å². The van der Waals surface area contributed by atoms with Crippen LogP contribution in [0.3, 0.4) is 0 Å². The van der Waals surface area contributed by atoms with Gasteiger partial charge in [-0.05, 0) is 30.2 Å². The summed E-state index contributed by atoms with van der Waals surface area (Å²) in [7, 11) is 0. The van der Waals surface area contributed by atoms with Crippen molar-refractivity contribution < 1.29 is 19.3 Å². The topological polar surface area (TPSA) is 160 Å². The number of nitrogens with zero attached hydrogens (tertiary/aromatic N) is 2. The van der Waals surface area contributed by atoms with E-state index in [0.29, 0.717) is 11.6 Å². The number of anilines is 1. The van der Waals surface area contributed by atoms with E-state index in [2.05, 4.69) is 20.9 Å². The third-order valence-corrected chi connectivity index (χ3v) is 5.33. The van der Waals surface area contributed by atoms with Gasteiger partial charge in [-0.25, -0.2) is 4.79 Å². The summed E-state index contributed by atoms with van der Waals surface area (Å²) in [6.45, 7) is 1.89. The zero-order valence-electron chi connectivity index (χ0n) is 17.5. The highest BCUT2D eigenvalue weighted by Crippen LogP contribution is 2.22. The van der Waals surface area contributed by atoms with E-state index in [1.165, 1.54) is 6.07 Å². The molecule has 1 aliphatic rings. The number of benzene rings is 2. The van der Waals surface area contributed by atoms with Gasteiger partial charge in [-0.1, -0.05) is 23.7 Å². The standard InChI is InChI=1S/C21H23ClN6O5/c22-14-3-1-13(2-4-14)11-27-8-7-15(12-27)25-19(29)10-24-20(30)17-9-16(28(32)33)5-6-18(17)26-21(23)31/h1-6,9,15H,7-8,10-12H2,(H,24,30)(H,25,29)(H3,23,26,31)/t15-/m1/s1. The maximum absolute atomic E-state index is 12.5. The highest BCUT2D eigenvalue weighted by atomic mass is 35.5. The Morgan fingerprint density at radius 3 is 2.58 bits per heavy atom. The van der Waals surface area contributed by atoms with Crippen LogP contribution in [0.15, 0.2) is 42.5 Å². The number of nitrogens with two attached hydrogens (primary N) is 1. The molecule has 5 N–H and O–H groups in total. The van der Waals surface area contributed by atoms with Crippen molar-refractivity contribution in [2.45, 2.75) is 19.0 Å². The van der Waals surface area contributed by atoms with Gasteiger partial charge in [0.05, 0.1) is 22.7 Å². The molecule has 1 heterocycles. The maximum Gasteiger partial charge on any atom is 0.316 e. The van der Waals surface area contributed by atoms with Crippen LogP contribution in [0.25, 0.3) is 0 Å². The summed E-state index contributed by atoms with van der Waals surface area (Å²) in [5.41, 5.74) is 5.69. The van der Waals surface area contributed by atoms with Crippen molar-refractivity contribution in [1.82, 2.24) is 15.5 Å². The first-order valence-corrected chi connectivity index (χ1v) is 10.5. The van der Waals surface area contributed by atoms with Gasteiger partial charge < -0.3 is 21.7 Å². The molecular weight excluding hydrogens is 452 g/mol. The first-order valence-electron chi connectivity index (χ1n) is 10.1. The van der Waals surface area contributed by atoms with Crippen LogP contribution in [0.4, 0.5) is 16.2 Å². The number of urea groups is 1. The number of likely N-dealkylation sites (tertiary alicyclic amines) is 1. The summed E-state index contributed by atoms with van der Waals surface area (Å²) in [4.78, 5) is 48.5. The minimum absolute atomic E-state index is 0.000331. The van der Waals surface area contributed by atoms with Crippen molar-refractivity contribution >= 4 is 40.8 Å². The Morgan fingerprint density at radius 1 is 1.18 bits per heavy atom. The second kappa shape index (κ2) is 10.7. The van der Waals surface area contributed by atoms with Gasteiger partial charge >= 0.3 is 6.03 Å². The lowest BCUT2D eigenvalue weighted by Gasteiger charge is -2.17. The molecule has 3 rings (SSSR count). The lowest BCUT2D eigenvalue weighted by atomic mass is 10.1. The Balaban J connectivity index is 1.52. The molecule has 1 atom stereocenters. The fraction of sp³-hybridized carbons (Fsp3) is 0.286. The summed E-state index contributed by atoms with van der Waals surface area (Å²) < 4.78 is 0. The average molecular weight is 475 g/mol. The monoisotopic (exact) mass is 474 g/mol. The van der Waals surface area contributed by atoms with Gasteiger partial charge in [0, 0.05) is 42.8 Å². The number of rotatable bonds is 8. The van der Waals surface area contributed by atoms with E-state index in [-0.39, 0.29) is 29.5 Å². The van der Waals surface area contributed by atoms with Crippen LogP contribution in [0, 0.1) is 10.1 Å². The lowest BCUT2D eigenvalue weighted by Crippen LogP contribution is -2.43. The largest absolute Gasteiger partial charge is 0.351 e. The van der Waals surface area contributed by atoms with Crippen molar-refractivity contribution in [2.24, 2.45) is 5.73 Å². The van der Waals surface area contributed by atoms with Crippen LogP contribution in [0.2, 0.25) is 5.02 Å². The summed E-state index contributed by atoms with van der Waals surface area (Å²) in [5, 5.41) is 19.2. The van der Waals surface area contributed by atoms with Crippen LogP contribution < -0.4 is 21.7 Å². The van der Waals surface area contributed by atoms with Crippen LogP contribution in [0.5, 0.6) is 0 Å². The number of nitro benzene ring substituents is 1. The molecule has 0 spiro atoms. The van der Waals surface area contributed by atoms with E-state index in [1.807, 2.05) is 24.3 Å². The number of non-ortho nitro benzene ring substituents is 1. The molecule has 0 saturated carbocycles. The minimum atomic E-state index is -0.931. The smallest absolute Gasteiger partial charge is 0.316 e. The van der Waals surface area contributed by atoms with Crippen LogP contribution in [-0.4, -0.2) is 53.3 Å². The molecule has 2 aromatic carbocycles. The number of primary amides is 1. The quantitative estimate of drug-likeness (QED) is 0.337. The third kappa shape index (κ3) is 6.89. The summed E-state index contributed by atoms with van der Waals surface area (Å²) in [6.07, 6.45) is 0.769. The molecule has 33 heavy (non-hydrogen) atoms. The average Bonchev–Trinajstić information content (AvgIpc) is 3.20. The predicted octanol–water partition coefficient (Wildman–Crippen LogP) is 1.86. The number of amides is 4. The van der Waals surface area contributed by atoms with E-state index in [4.69, 9.17) is 17.3 Å².